The Balaban J connectivity index is 2.05. The molecule has 1 heterocycles. The van der Waals surface area contributed by atoms with Crippen LogP contribution >= 0.6 is 0 Å². The Morgan fingerprint density at radius 3 is 1.96 bits per heavy atom. The highest BCUT2D eigenvalue weighted by Crippen LogP contribution is 2.47. The van der Waals surface area contributed by atoms with E-state index in [2.05, 4.69) is 32.9 Å². The molecule has 25 heavy (non-hydrogen) atoms. The van der Waals surface area contributed by atoms with Crippen LogP contribution in [0.1, 0.15) is 87.1 Å². The highest BCUT2D eigenvalue weighted by molar-refractivity contribution is 6.13. The van der Waals surface area contributed by atoms with Gasteiger partial charge < -0.3 is 0 Å². The van der Waals surface area contributed by atoms with Crippen LogP contribution in [0, 0.1) is 0 Å². The lowest BCUT2D eigenvalue weighted by atomic mass is 9.90. The summed E-state index contributed by atoms with van der Waals surface area (Å²) in [6.45, 7) is 6.64. The zero-order valence-corrected chi connectivity index (χ0v) is 15.7. The van der Waals surface area contributed by atoms with E-state index in [4.69, 9.17) is 0 Å². The van der Waals surface area contributed by atoms with Crippen molar-refractivity contribution in [1.29, 1.82) is 0 Å². The third-order valence-electron chi connectivity index (χ3n) is 5.54. The van der Waals surface area contributed by atoms with Gasteiger partial charge in [0.05, 0.1) is 6.04 Å². The molecule has 134 valence electrons. The van der Waals surface area contributed by atoms with Gasteiger partial charge in [0.15, 0.2) is 0 Å². The molecule has 2 atom stereocenters. The zero-order chi connectivity index (χ0) is 18.0. The highest BCUT2D eigenvalue weighted by Gasteiger charge is 2.40. The number of carbonyl (C=O) groups excluding carboxylic acids is 2. The van der Waals surface area contributed by atoms with Crippen LogP contribution in [-0.4, -0.2) is 16.7 Å². The number of benzene rings is 1. The summed E-state index contributed by atoms with van der Waals surface area (Å²) in [4.78, 5) is 26.0. The molecule has 0 aromatic heterocycles. The lowest BCUT2D eigenvalue weighted by molar-refractivity contribution is -0.139. The Morgan fingerprint density at radius 2 is 1.44 bits per heavy atom. The molecule has 0 saturated carbocycles. The molecule has 0 bridgehead atoms. The maximum atomic E-state index is 12.2. The number of rotatable bonds is 7. The second-order valence-corrected chi connectivity index (χ2v) is 7.37. The third-order valence-corrected chi connectivity index (χ3v) is 5.54. The monoisotopic (exact) mass is 339 g/mol. The van der Waals surface area contributed by atoms with Crippen LogP contribution in [-0.2, 0) is 22.4 Å². The first-order valence-corrected chi connectivity index (χ1v) is 9.81. The summed E-state index contributed by atoms with van der Waals surface area (Å²) in [6, 6.07) is 4.61. The second kappa shape index (κ2) is 7.55. The predicted octanol–water partition coefficient (Wildman–Crippen LogP) is 4.85. The Kier molecular flexibility index (Phi) is 5.41. The van der Waals surface area contributed by atoms with Crippen molar-refractivity contribution in [2.45, 2.75) is 77.7 Å². The summed E-state index contributed by atoms with van der Waals surface area (Å²) in [6.07, 6.45) is 10.4. The van der Waals surface area contributed by atoms with E-state index in [-0.39, 0.29) is 17.9 Å². The first-order chi connectivity index (χ1) is 12.1. The maximum absolute atomic E-state index is 12.2. The van der Waals surface area contributed by atoms with Crippen molar-refractivity contribution >= 4 is 11.8 Å². The number of hydrogen-bond acceptors (Lipinski definition) is 2. The Morgan fingerprint density at radius 1 is 0.880 bits per heavy atom. The molecule has 1 aromatic rings. The number of imide groups is 1. The molecule has 0 N–H and O–H groups in total. The van der Waals surface area contributed by atoms with Crippen molar-refractivity contribution in [1.82, 2.24) is 4.90 Å². The van der Waals surface area contributed by atoms with Crippen LogP contribution in [0.3, 0.4) is 0 Å². The quantitative estimate of drug-likeness (QED) is 0.666. The summed E-state index contributed by atoms with van der Waals surface area (Å²) < 4.78 is 0. The fraction of sp³-hybridized carbons (Fsp3) is 0.545. The van der Waals surface area contributed by atoms with Gasteiger partial charge in [0.2, 0.25) is 0 Å². The van der Waals surface area contributed by atoms with Gasteiger partial charge in [0.25, 0.3) is 11.8 Å². The largest absolute Gasteiger partial charge is 0.269 e. The van der Waals surface area contributed by atoms with E-state index in [1.165, 1.54) is 39.3 Å². The van der Waals surface area contributed by atoms with E-state index >= 15 is 0 Å². The first-order valence-electron chi connectivity index (χ1n) is 9.81. The van der Waals surface area contributed by atoms with Gasteiger partial charge in [0, 0.05) is 12.2 Å². The molecule has 2 aliphatic rings. The van der Waals surface area contributed by atoms with E-state index in [0.29, 0.717) is 5.92 Å². The molecule has 1 aromatic carbocycles. The van der Waals surface area contributed by atoms with E-state index in [1.807, 2.05) is 0 Å². The minimum atomic E-state index is -0.159. The van der Waals surface area contributed by atoms with Crippen molar-refractivity contribution in [3.8, 4) is 0 Å². The van der Waals surface area contributed by atoms with Crippen molar-refractivity contribution in [2.24, 2.45) is 0 Å². The average molecular weight is 339 g/mol. The molecule has 1 aliphatic carbocycles. The summed E-state index contributed by atoms with van der Waals surface area (Å²) in [5.74, 6) is 0.137. The van der Waals surface area contributed by atoms with Crippen LogP contribution in [0.2, 0.25) is 0 Å². The van der Waals surface area contributed by atoms with Crippen LogP contribution in [0.4, 0.5) is 0 Å². The minimum absolute atomic E-state index is 0.0900. The molecule has 0 unspecified atom stereocenters. The van der Waals surface area contributed by atoms with Gasteiger partial charge in [-0.2, -0.15) is 0 Å². The predicted molar refractivity (Wildman–Crippen MR) is 100 cm³/mol. The van der Waals surface area contributed by atoms with Gasteiger partial charge in [-0.15, -0.1) is 0 Å². The van der Waals surface area contributed by atoms with Gasteiger partial charge in [-0.1, -0.05) is 52.2 Å². The average Bonchev–Trinajstić information content (AvgIpc) is 3.09. The van der Waals surface area contributed by atoms with Gasteiger partial charge in [-0.25, -0.2) is 0 Å². The molecule has 3 rings (SSSR count). The molecule has 0 fully saturated rings. The normalized spacial score (nSPS) is 22.1. The van der Waals surface area contributed by atoms with Gasteiger partial charge in [-0.05, 0) is 53.9 Å². The van der Waals surface area contributed by atoms with E-state index in [1.54, 1.807) is 0 Å². The molecule has 1 aliphatic heterocycles. The van der Waals surface area contributed by atoms with Crippen LogP contribution in [0.25, 0.3) is 0 Å². The van der Waals surface area contributed by atoms with Gasteiger partial charge in [0.1, 0.15) is 0 Å². The fourth-order valence-corrected chi connectivity index (χ4v) is 4.48. The van der Waals surface area contributed by atoms with Gasteiger partial charge >= 0.3 is 0 Å². The number of fused-ring (bicyclic) bond motifs is 1. The van der Waals surface area contributed by atoms with Crippen LogP contribution in [0.15, 0.2) is 24.3 Å². The molecular formula is C22H29NO2. The molecular weight excluding hydrogens is 310 g/mol. The molecule has 2 amide bonds. The number of amides is 2. The van der Waals surface area contributed by atoms with Crippen molar-refractivity contribution in [3.63, 3.8) is 0 Å². The molecule has 0 radical (unpaired) electrons. The number of hydrogen-bond donors (Lipinski definition) is 0. The molecule has 3 heteroatoms. The Hall–Kier alpha value is -1.90. The third kappa shape index (κ3) is 3.29. The topological polar surface area (TPSA) is 37.4 Å². The van der Waals surface area contributed by atoms with Crippen LogP contribution in [0.5, 0.6) is 0 Å². The standard InChI is InChI=1S/C22H29NO2/c1-4-7-15-12-18-17(9-6-3)14-20(19(18)13-16(15)8-5-2)23-21(24)10-11-22(23)25/h10-13,17,20H,4-9,14H2,1-3H3/t17-,20-/m0/s1. The van der Waals surface area contributed by atoms with Gasteiger partial charge in [-0.3, -0.25) is 14.5 Å². The SMILES string of the molecule is CCCc1cc2c(cc1CCC)[C@@H](N1C(=O)C=CC1=O)C[C@@H]2CCC. The maximum Gasteiger partial charge on any atom is 0.254 e. The van der Waals surface area contributed by atoms with Crippen molar-refractivity contribution < 1.29 is 9.59 Å². The lowest BCUT2D eigenvalue weighted by Gasteiger charge is -2.24. The van der Waals surface area contributed by atoms with E-state index in [0.717, 1.165) is 44.9 Å². The van der Waals surface area contributed by atoms with Crippen molar-refractivity contribution in [3.05, 3.63) is 46.5 Å². The summed E-state index contributed by atoms with van der Waals surface area (Å²) >= 11 is 0. The number of aryl methyl sites for hydroxylation is 2. The fourth-order valence-electron chi connectivity index (χ4n) is 4.48. The molecule has 0 spiro atoms. The first kappa shape index (κ1) is 17.9. The summed E-state index contributed by atoms with van der Waals surface area (Å²) in [5, 5.41) is 0. The zero-order valence-electron chi connectivity index (χ0n) is 15.7. The lowest BCUT2D eigenvalue weighted by Crippen LogP contribution is -2.33. The van der Waals surface area contributed by atoms with E-state index in [9.17, 15) is 9.59 Å². The highest BCUT2D eigenvalue weighted by atomic mass is 16.2. The number of carbonyl (C=O) groups is 2. The Bertz CT molecular complexity index is 686. The number of nitrogens with zero attached hydrogens (tertiary/aromatic N) is 1. The van der Waals surface area contributed by atoms with E-state index < -0.39 is 0 Å². The minimum Gasteiger partial charge on any atom is -0.269 e. The molecule has 0 saturated heterocycles. The second-order valence-electron chi connectivity index (χ2n) is 7.37. The smallest absolute Gasteiger partial charge is 0.254 e. The Labute approximate surface area is 151 Å². The van der Waals surface area contributed by atoms with Crippen molar-refractivity contribution in [2.75, 3.05) is 0 Å². The molecule has 3 nitrogen and oxygen atoms in total. The van der Waals surface area contributed by atoms with Crippen LogP contribution < -0.4 is 0 Å². The summed E-state index contributed by atoms with van der Waals surface area (Å²) in [5.41, 5.74) is 5.45. The summed E-state index contributed by atoms with van der Waals surface area (Å²) in [7, 11) is 0.